The van der Waals surface area contributed by atoms with Gasteiger partial charge in [0.1, 0.15) is 6.33 Å². The predicted octanol–water partition coefficient (Wildman–Crippen LogP) is 0.213. The molecule has 2 aromatic rings. The number of fused-ring (bicyclic) bond motifs is 1. The zero-order valence-corrected chi connectivity index (χ0v) is 9.52. The van der Waals surface area contributed by atoms with Crippen molar-refractivity contribution in [3.63, 3.8) is 0 Å². The molecule has 6 nitrogen and oxygen atoms in total. The second-order valence-corrected chi connectivity index (χ2v) is 4.52. The van der Waals surface area contributed by atoms with Gasteiger partial charge in [0.15, 0.2) is 11.0 Å². The fourth-order valence-corrected chi connectivity index (χ4v) is 2.63. The molecule has 0 spiro atoms. The maximum Gasteiger partial charge on any atom is 0.186 e. The van der Waals surface area contributed by atoms with Crippen LogP contribution in [-0.2, 0) is 19.6 Å². The van der Waals surface area contributed by atoms with E-state index in [1.807, 2.05) is 5.38 Å². The summed E-state index contributed by atoms with van der Waals surface area (Å²) in [4.78, 5) is 6.69. The molecule has 0 radical (unpaired) electrons. The van der Waals surface area contributed by atoms with Crippen LogP contribution in [0.4, 0.5) is 5.13 Å². The van der Waals surface area contributed by atoms with Crippen LogP contribution in [0.25, 0.3) is 0 Å². The summed E-state index contributed by atoms with van der Waals surface area (Å²) >= 11 is 1.64. The summed E-state index contributed by atoms with van der Waals surface area (Å²) in [6.07, 6.45) is 1.78. The van der Waals surface area contributed by atoms with Gasteiger partial charge in [-0.1, -0.05) is 0 Å². The van der Waals surface area contributed by atoms with Gasteiger partial charge in [0, 0.05) is 25.0 Å². The van der Waals surface area contributed by atoms with Gasteiger partial charge in [-0.3, -0.25) is 0 Å². The van der Waals surface area contributed by atoms with Crippen molar-refractivity contribution in [2.45, 2.75) is 19.6 Å². The highest BCUT2D eigenvalue weighted by Crippen LogP contribution is 2.23. The first kappa shape index (κ1) is 9.73. The molecular formula is C9H12N6S. The maximum atomic E-state index is 5.55. The molecule has 0 aromatic carbocycles. The molecule has 7 heteroatoms. The van der Waals surface area contributed by atoms with Gasteiger partial charge in [-0.15, -0.1) is 21.5 Å². The zero-order valence-electron chi connectivity index (χ0n) is 8.70. The van der Waals surface area contributed by atoms with Crippen LogP contribution in [0.15, 0.2) is 11.7 Å². The Morgan fingerprint density at radius 3 is 3.19 bits per heavy atom. The van der Waals surface area contributed by atoms with E-state index < -0.39 is 0 Å². The van der Waals surface area contributed by atoms with Crippen LogP contribution in [-0.4, -0.2) is 26.3 Å². The predicted molar refractivity (Wildman–Crippen MR) is 61.1 cm³/mol. The molecule has 3 rings (SSSR count). The number of hydrogen-bond acceptors (Lipinski definition) is 6. The molecule has 0 saturated carbocycles. The van der Waals surface area contributed by atoms with Gasteiger partial charge in [0.2, 0.25) is 0 Å². The highest BCUT2D eigenvalue weighted by atomic mass is 32.1. The van der Waals surface area contributed by atoms with E-state index in [-0.39, 0.29) is 0 Å². The standard InChI is InChI=1S/C9H12N6S/c10-3-7-5-16-9(12-7)14-1-2-15-6-11-13-8(15)4-14/h5-6H,1-4,10H2. The minimum atomic E-state index is 0.501. The molecule has 0 aliphatic carbocycles. The highest BCUT2D eigenvalue weighted by Gasteiger charge is 2.19. The van der Waals surface area contributed by atoms with Crippen LogP contribution in [0.1, 0.15) is 11.5 Å². The molecule has 0 unspecified atom stereocenters. The topological polar surface area (TPSA) is 72.9 Å². The molecule has 0 fully saturated rings. The largest absolute Gasteiger partial charge is 0.339 e. The van der Waals surface area contributed by atoms with E-state index in [0.717, 1.165) is 36.3 Å². The minimum Gasteiger partial charge on any atom is -0.339 e. The number of anilines is 1. The summed E-state index contributed by atoms with van der Waals surface area (Å²) in [6.45, 7) is 3.14. The number of nitrogens with zero attached hydrogens (tertiary/aromatic N) is 5. The van der Waals surface area contributed by atoms with Crippen molar-refractivity contribution in [1.82, 2.24) is 19.7 Å². The van der Waals surface area contributed by atoms with Gasteiger partial charge >= 0.3 is 0 Å². The Hall–Kier alpha value is -1.47. The first-order valence-electron chi connectivity index (χ1n) is 5.13. The monoisotopic (exact) mass is 236 g/mol. The van der Waals surface area contributed by atoms with Crippen LogP contribution >= 0.6 is 11.3 Å². The zero-order chi connectivity index (χ0) is 11.0. The number of hydrogen-bond donors (Lipinski definition) is 1. The Morgan fingerprint density at radius 1 is 1.44 bits per heavy atom. The Bertz CT molecular complexity index is 490. The number of thiazole rings is 1. The van der Waals surface area contributed by atoms with E-state index in [1.54, 1.807) is 17.7 Å². The Labute approximate surface area is 96.7 Å². The van der Waals surface area contributed by atoms with E-state index in [2.05, 4.69) is 24.6 Å². The average molecular weight is 236 g/mol. The third kappa shape index (κ3) is 1.57. The molecule has 16 heavy (non-hydrogen) atoms. The van der Waals surface area contributed by atoms with E-state index in [9.17, 15) is 0 Å². The van der Waals surface area contributed by atoms with E-state index >= 15 is 0 Å². The molecular weight excluding hydrogens is 224 g/mol. The molecule has 1 aliphatic heterocycles. The van der Waals surface area contributed by atoms with Crippen molar-refractivity contribution >= 4 is 16.5 Å². The minimum absolute atomic E-state index is 0.501. The fourth-order valence-electron chi connectivity index (χ4n) is 1.76. The Morgan fingerprint density at radius 2 is 2.38 bits per heavy atom. The summed E-state index contributed by atoms with van der Waals surface area (Å²) in [5.41, 5.74) is 6.50. The molecule has 0 atom stereocenters. The highest BCUT2D eigenvalue weighted by molar-refractivity contribution is 7.13. The van der Waals surface area contributed by atoms with Gasteiger partial charge in [0.25, 0.3) is 0 Å². The number of aromatic nitrogens is 4. The van der Waals surface area contributed by atoms with Crippen LogP contribution < -0.4 is 10.6 Å². The number of nitrogens with two attached hydrogens (primary N) is 1. The number of rotatable bonds is 2. The van der Waals surface area contributed by atoms with Gasteiger partial charge in [0.05, 0.1) is 12.2 Å². The van der Waals surface area contributed by atoms with Crippen LogP contribution in [0.3, 0.4) is 0 Å². The van der Waals surface area contributed by atoms with Crippen molar-refractivity contribution in [1.29, 1.82) is 0 Å². The fraction of sp³-hybridized carbons (Fsp3) is 0.444. The van der Waals surface area contributed by atoms with Crippen LogP contribution in [0.5, 0.6) is 0 Å². The lowest BCUT2D eigenvalue weighted by Gasteiger charge is -2.26. The second-order valence-electron chi connectivity index (χ2n) is 3.69. The van der Waals surface area contributed by atoms with Gasteiger partial charge < -0.3 is 15.2 Å². The molecule has 0 bridgehead atoms. The molecule has 2 N–H and O–H groups in total. The summed E-state index contributed by atoms with van der Waals surface area (Å²) in [6, 6.07) is 0. The van der Waals surface area contributed by atoms with Crippen molar-refractivity contribution in [3.8, 4) is 0 Å². The van der Waals surface area contributed by atoms with Crippen LogP contribution in [0.2, 0.25) is 0 Å². The lowest BCUT2D eigenvalue weighted by Crippen LogP contribution is -2.33. The molecule has 0 saturated heterocycles. The first-order chi connectivity index (χ1) is 7.86. The molecule has 0 amide bonds. The van der Waals surface area contributed by atoms with Gasteiger partial charge in [-0.05, 0) is 0 Å². The second kappa shape index (κ2) is 3.84. The lowest BCUT2D eigenvalue weighted by atomic mass is 10.4. The van der Waals surface area contributed by atoms with Gasteiger partial charge in [-0.25, -0.2) is 4.98 Å². The van der Waals surface area contributed by atoms with Crippen LogP contribution in [0, 0.1) is 0 Å². The summed E-state index contributed by atoms with van der Waals surface area (Å²) in [7, 11) is 0. The molecule has 84 valence electrons. The normalized spacial score (nSPS) is 15.2. The quantitative estimate of drug-likeness (QED) is 0.807. The molecule has 3 heterocycles. The third-order valence-corrected chi connectivity index (χ3v) is 3.61. The Balaban J connectivity index is 1.83. The average Bonchev–Trinajstić information content (AvgIpc) is 2.96. The third-order valence-electron chi connectivity index (χ3n) is 2.66. The van der Waals surface area contributed by atoms with Crippen molar-refractivity contribution < 1.29 is 0 Å². The SMILES string of the molecule is NCc1csc(N2CCn3cnnc3C2)n1. The van der Waals surface area contributed by atoms with E-state index in [1.165, 1.54) is 0 Å². The first-order valence-corrected chi connectivity index (χ1v) is 6.01. The van der Waals surface area contributed by atoms with E-state index in [4.69, 9.17) is 5.73 Å². The maximum absolute atomic E-state index is 5.55. The molecule has 1 aliphatic rings. The van der Waals surface area contributed by atoms with Gasteiger partial charge in [-0.2, -0.15) is 0 Å². The lowest BCUT2D eigenvalue weighted by molar-refractivity contribution is 0.559. The summed E-state index contributed by atoms with van der Waals surface area (Å²) < 4.78 is 2.08. The summed E-state index contributed by atoms with van der Waals surface area (Å²) in [5, 5.41) is 11.0. The van der Waals surface area contributed by atoms with Crippen molar-refractivity contribution in [3.05, 3.63) is 23.2 Å². The van der Waals surface area contributed by atoms with Crippen molar-refractivity contribution in [2.75, 3.05) is 11.4 Å². The Kier molecular flexibility index (Phi) is 2.33. The van der Waals surface area contributed by atoms with E-state index in [0.29, 0.717) is 6.54 Å². The smallest absolute Gasteiger partial charge is 0.186 e. The summed E-state index contributed by atoms with van der Waals surface area (Å²) in [5.74, 6) is 0.996. The van der Waals surface area contributed by atoms with Crippen molar-refractivity contribution in [2.24, 2.45) is 5.73 Å². The molecule has 2 aromatic heterocycles.